The highest BCUT2D eigenvalue weighted by molar-refractivity contribution is 6.04. The van der Waals surface area contributed by atoms with Gasteiger partial charge < -0.3 is 5.32 Å². The lowest BCUT2D eigenvalue weighted by atomic mass is 9.84. The van der Waals surface area contributed by atoms with Gasteiger partial charge in [-0.3, -0.25) is 4.79 Å². The Labute approximate surface area is 176 Å². The first-order valence-corrected chi connectivity index (χ1v) is 9.81. The molecular formula is C24H18F4N2O. The van der Waals surface area contributed by atoms with Crippen LogP contribution >= 0.6 is 0 Å². The fraction of sp³-hybridized carbons (Fsp3) is 0.250. The van der Waals surface area contributed by atoms with Crippen LogP contribution in [-0.4, -0.2) is 18.4 Å². The van der Waals surface area contributed by atoms with Gasteiger partial charge in [-0.2, -0.15) is 14.0 Å². The molecule has 1 amide bonds. The van der Waals surface area contributed by atoms with Crippen LogP contribution in [-0.2, 0) is 11.2 Å². The highest BCUT2D eigenvalue weighted by atomic mass is 19.3. The maximum Gasteiger partial charge on any atom is 0.292 e. The van der Waals surface area contributed by atoms with Gasteiger partial charge in [-0.05, 0) is 77.8 Å². The van der Waals surface area contributed by atoms with Crippen LogP contribution in [0, 0.1) is 28.9 Å². The van der Waals surface area contributed by atoms with Crippen LogP contribution in [0.3, 0.4) is 0 Å². The van der Waals surface area contributed by atoms with Gasteiger partial charge in [0.15, 0.2) is 11.6 Å². The average Bonchev–Trinajstić information content (AvgIpc) is 3.03. The van der Waals surface area contributed by atoms with E-state index in [1.54, 1.807) is 0 Å². The minimum Gasteiger partial charge on any atom is -0.352 e. The molecule has 1 saturated heterocycles. The van der Waals surface area contributed by atoms with Crippen molar-refractivity contribution in [1.82, 2.24) is 5.32 Å². The summed E-state index contributed by atoms with van der Waals surface area (Å²) in [6.45, 7) is 3.59. The normalized spacial score (nSPS) is 18.4. The summed E-state index contributed by atoms with van der Waals surface area (Å²) in [5, 5.41) is 12.2. The first-order valence-electron chi connectivity index (χ1n) is 9.81. The highest BCUT2D eigenvalue weighted by Gasteiger charge is 2.41. The molecule has 2 aliphatic rings. The molecule has 7 heteroatoms. The maximum atomic E-state index is 15.1. The molecule has 2 aromatic rings. The predicted molar refractivity (Wildman–Crippen MR) is 108 cm³/mol. The number of carbonyl (C=O) groups excluding carboxylic acids is 1. The molecule has 0 spiro atoms. The molecule has 0 saturated carbocycles. The quantitative estimate of drug-likeness (QED) is 0.545. The van der Waals surface area contributed by atoms with Crippen molar-refractivity contribution in [2.75, 3.05) is 6.54 Å². The van der Waals surface area contributed by atoms with Gasteiger partial charge in [-0.25, -0.2) is 8.78 Å². The van der Waals surface area contributed by atoms with Crippen molar-refractivity contribution in [3.63, 3.8) is 0 Å². The zero-order valence-electron chi connectivity index (χ0n) is 16.4. The predicted octanol–water partition coefficient (Wildman–Crippen LogP) is 5.16. The van der Waals surface area contributed by atoms with Gasteiger partial charge in [0.05, 0.1) is 11.6 Å². The number of nitrogens with zero attached hydrogens (tertiary/aromatic N) is 1. The van der Waals surface area contributed by atoms with Gasteiger partial charge in [-0.15, -0.1) is 0 Å². The topological polar surface area (TPSA) is 52.9 Å². The first kappa shape index (κ1) is 20.9. The van der Waals surface area contributed by atoms with Crippen LogP contribution in [0.2, 0.25) is 0 Å². The number of nitrogens with one attached hydrogen (secondary N) is 1. The number of nitriles is 1. The van der Waals surface area contributed by atoms with E-state index in [-0.39, 0.29) is 34.6 Å². The van der Waals surface area contributed by atoms with E-state index in [0.717, 1.165) is 12.1 Å². The summed E-state index contributed by atoms with van der Waals surface area (Å²) in [6.07, 6.45) is 1.57. The molecule has 2 bridgehead atoms. The Morgan fingerprint density at radius 1 is 1.13 bits per heavy atom. The SMILES string of the molecule is C=CC(F)(F)C1=C2CC(CCNC2=O)Cc2c1cc(C#N)cc2-c1ccc(F)c(F)c1. The molecule has 1 atom stereocenters. The monoisotopic (exact) mass is 426 g/mol. The van der Waals surface area contributed by atoms with Crippen molar-refractivity contribution in [1.29, 1.82) is 5.26 Å². The number of carbonyl (C=O) groups is 1. The van der Waals surface area contributed by atoms with Gasteiger partial charge in [0.1, 0.15) is 0 Å². The highest BCUT2D eigenvalue weighted by Crippen LogP contribution is 2.46. The molecule has 1 aliphatic heterocycles. The fourth-order valence-corrected chi connectivity index (χ4v) is 4.40. The fourth-order valence-electron chi connectivity index (χ4n) is 4.40. The zero-order valence-corrected chi connectivity index (χ0v) is 16.4. The Balaban J connectivity index is 2.10. The number of hydrogen-bond donors (Lipinski definition) is 1. The van der Waals surface area contributed by atoms with Crippen molar-refractivity contribution in [3.05, 3.63) is 76.9 Å². The second kappa shape index (κ2) is 7.69. The molecule has 1 fully saturated rings. The van der Waals surface area contributed by atoms with Crippen molar-refractivity contribution < 1.29 is 22.4 Å². The van der Waals surface area contributed by atoms with Gasteiger partial charge in [0, 0.05) is 17.7 Å². The van der Waals surface area contributed by atoms with E-state index < -0.39 is 29.0 Å². The summed E-state index contributed by atoms with van der Waals surface area (Å²) in [5.74, 6) is -6.31. The molecular weight excluding hydrogens is 408 g/mol. The standard InChI is InChI=1S/C24H18F4N2O/c1-2-24(27,28)22-18-10-14(12-29)9-16(15-3-4-20(25)21(26)11-15)17(18)7-13-5-6-30-23(31)19(22)8-13/h2-4,9-11,13H,1,5-8H2,(H,30,31). The third-order valence-corrected chi connectivity index (χ3v) is 5.87. The summed E-state index contributed by atoms with van der Waals surface area (Å²) >= 11 is 0. The maximum absolute atomic E-state index is 15.1. The molecule has 1 N–H and O–H groups in total. The lowest BCUT2D eigenvalue weighted by molar-refractivity contribution is -0.117. The number of rotatable bonds is 3. The van der Waals surface area contributed by atoms with Gasteiger partial charge in [0.25, 0.3) is 5.92 Å². The van der Waals surface area contributed by atoms with Gasteiger partial charge in [-0.1, -0.05) is 12.6 Å². The molecule has 3 nitrogen and oxygen atoms in total. The van der Waals surface area contributed by atoms with E-state index in [1.807, 2.05) is 6.07 Å². The summed E-state index contributed by atoms with van der Waals surface area (Å²) < 4.78 is 57.7. The van der Waals surface area contributed by atoms with E-state index in [1.165, 1.54) is 18.2 Å². The number of amides is 1. The molecule has 1 unspecified atom stereocenters. The van der Waals surface area contributed by atoms with E-state index in [2.05, 4.69) is 11.9 Å². The van der Waals surface area contributed by atoms with Crippen LogP contribution in [0.1, 0.15) is 29.5 Å². The Kier molecular flexibility index (Phi) is 5.18. The van der Waals surface area contributed by atoms with E-state index in [4.69, 9.17) is 0 Å². The van der Waals surface area contributed by atoms with Gasteiger partial charge >= 0.3 is 0 Å². The molecule has 158 valence electrons. The number of allylic oxidation sites excluding steroid dienone is 2. The number of halogens is 4. The van der Waals surface area contributed by atoms with Crippen molar-refractivity contribution >= 4 is 11.5 Å². The number of hydrogen-bond acceptors (Lipinski definition) is 2. The smallest absolute Gasteiger partial charge is 0.292 e. The Bertz CT molecular complexity index is 1180. The van der Waals surface area contributed by atoms with Crippen molar-refractivity contribution in [3.8, 4) is 17.2 Å². The lowest BCUT2D eigenvalue weighted by Crippen LogP contribution is -2.28. The Hall–Kier alpha value is -3.40. The number of benzene rings is 2. The largest absolute Gasteiger partial charge is 0.352 e. The van der Waals surface area contributed by atoms with Crippen LogP contribution in [0.5, 0.6) is 0 Å². The van der Waals surface area contributed by atoms with E-state index in [0.29, 0.717) is 36.6 Å². The van der Waals surface area contributed by atoms with Crippen LogP contribution in [0.4, 0.5) is 17.6 Å². The second-order valence-electron chi connectivity index (χ2n) is 7.79. The summed E-state index contributed by atoms with van der Waals surface area (Å²) in [7, 11) is 0. The number of alkyl halides is 2. The Morgan fingerprint density at radius 3 is 2.55 bits per heavy atom. The van der Waals surface area contributed by atoms with E-state index >= 15 is 8.78 Å². The second-order valence-corrected chi connectivity index (χ2v) is 7.79. The molecule has 4 rings (SSSR count). The van der Waals surface area contributed by atoms with Gasteiger partial charge in [0.2, 0.25) is 5.91 Å². The molecule has 1 heterocycles. The first-order chi connectivity index (χ1) is 14.7. The zero-order chi connectivity index (χ0) is 22.3. The lowest BCUT2D eigenvalue weighted by Gasteiger charge is -2.23. The third-order valence-electron chi connectivity index (χ3n) is 5.87. The molecule has 31 heavy (non-hydrogen) atoms. The van der Waals surface area contributed by atoms with Crippen molar-refractivity contribution in [2.45, 2.75) is 25.2 Å². The molecule has 2 aromatic carbocycles. The van der Waals surface area contributed by atoms with Crippen LogP contribution in [0.25, 0.3) is 16.7 Å². The Morgan fingerprint density at radius 2 is 1.87 bits per heavy atom. The third kappa shape index (κ3) is 3.63. The van der Waals surface area contributed by atoms with E-state index in [9.17, 15) is 18.8 Å². The summed E-state index contributed by atoms with van der Waals surface area (Å²) in [5.41, 5.74) is 0.758. The van der Waals surface area contributed by atoms with Crippen molar-refractivity contribution in [2.24, 2.45) is 5.92 Å². The number of fused-ring (bicyclic) bond motifs is 3. The molecule has 1 aliphatic carbocycles. The summed E-state index contributed by atoms with van der Waals surface area (Å²) in [6, 6.07) is 8.07. The van der Waals surface area contributed by atoms with Crippen LogP contribution < -0.4 is 5.32 Å². The minimum atomic E-state index is -3.53. The minimum absolute atomic E-state index is 0.0301. The molecule has 0 radical (unpaired) electrons. The summed E-state index contributed by atoms with van der Waals surface area (Å²) in [4.78, 5) is 12.7. The average molecular weight is 426 g/mol. The molecule has 0 aromatic heterocycles. The van der Waals surface area contributed by atoms with Crippen LogP contribution in [0.15, 0.2) is 48.6 Å².